The zero-order valence-corrected chi connectivity index (χ0v) is 16.0. The van der Waals surface area contributed by atoms with Crippen LogP contribution in [0.5, 0.6) is 5.75 Å². The van der Waals surface area contributed by atoms with Gasteiger partial charge in [-0.2, -0.15) is 0 Å². The molecule has 0 aliphatic heterocycles. The molecule has 1 fully saturated rings. The molecule has 0 saturated heterocycles. The Morgan fingerprint density at radius 3 is 2.32 bits per heavy atom. The molecule has 5 heteroatoms. The Labute approximate surface area is 164 Å². The van der Waals surface area contributed by atoms with E-state index < -0.39 is 0 Å². The summed E-state index contributed by atoms with van der Waals surface area (Å²) in [5.74, 6) is 1.35. The summed E-state index contributed by atoms with van der Waals surface area (Å²) in [5.41, 5.74) is 2.39. The van der Waals surface area contributed by atoms with Crippen molar-refractivity contribution in [2.24, 2.45) is 0 Å². The van der Waals surface area contributed by atoms with Gasteiger partial charge < -0.3 is 10.1 Å². The number of ether oxygens (including phenoxy) is 1. The van der Waals surface area contributed by atoms with Gasteiger partial charge in [0.25, 0.3) is 0 Å². The summed E-state index contributed by atoms with van der Waals surface area (Å²) in [6.45, 7) is 0.608. The first kappa shape index (κ1) is 18.6. The average molecular weight is 377 g/mol. The minimum atomic E-state index is -0.306. The van der Waals surface area contributed by atoms with Gasteiger partial charge in [-0.3, -0.25) is 0 Å². The van der Waals surface area contributed by atoms with Crippen molar-refractivity contribution in [3.05, 3.63) is 77.9 Å². The largest absolute Gasteiger partial charge is 0.497 e. The molecular weight excluding hydrogens is 353 g/mol. The number of hydrogen-bond donors (Lipinski definition) is 1. The third kappa shape index (κ3) is 3.76. The highest BCUT2D eigenvalue weighted by Crippen LogP contribution is 2.40. The molecule has 1 aliphatic rings. The maximum Gasteiger partial charge on any atom is 0.159 e. The quantitative estimate of drug-likeness (QED) is 0.667. The minimum Gasteiger partial charge on any atom is -0.497 e. The molecule has 1 saturated carbocycles. The van der Waals surface area contributed by atoms with Crippen LogP contribution in [-0.2, 0) is 12.1 Å². The Hall–Kier alpha value is -2.79. The van der Waals surface area contributed by atoms with Crippen LogP contribution >= 0.6 is 0 Å². The summed E-state index contributed by atoms with van der Waals surface area (Å²) < 4.78 is 19.6. The van der Waals surface area contributed by atoms with Gasteiger partial charge in [0.05, 0.1) is 7.11 Å². The van der Waals surface area contributed by atoms with E-state index in [9.17, 15) is 4.39 Å². The van der Waals surface area contributed by atoms with Crippen molar-refractivity contribution < 1.29 is 9.13 Å². The smallest absolute Gasteiger partial charge is 0.159 e. The minimum absolute atomic E-state index is 0.136. The van der Waals surface area contributed by atoms with Gasteiger partial charge in [0.2, 0.25) is 0 Å². The first-order chi connectivity index (χ1) is 13.7. The summed E-state index contributed by atoms with van der Waals surface area (Å²) in [4.78, 5) is 8.99. The molecule has 0 amide bonds. The van der Waals surface area contributed by atoms with Crippen molar-refractivity contribution in [3.8, 4) is 17.1 Å². The molecule has 0 atom stereocenters. The van der Waals surface area contributed by atoms with Crippen LogP contribution in [0, 0.1) is 5.82 Å². The summed E-state index contributed by atoms with van der Waals surface area (Å²) in [6.07, 6.45) is 7.77. The van der Waals surface area contributed by atoms with Gasteiger partial charge in [0, 0.05) is 41.2 Å². The van der Waals surface area contributed by atoms with E-state index in [-0.39, 0.29) is 11.4 Å². The van der Waals surface area contributed by atoms with Gasteiger partial charge in [-0.05, 0) is 43.2 Å². The fourth-order valence-corrected chi connectivity index (χ4v) is 3.98. The fraction of sp³-hybridized carbons (Fsp3) is 0.304. The van der Waals surface area contributed by atoms with Crippen LogP contribution in [0.4, 0.5) is 4.39 Å². The molecule has 1 aromatic heterocycles. The van der Waals surface area contributed by atoms with Crippen molar-refractivity contribution in [1.82, 2.24) is 15.3 Å². The molecule has 1 N–H and O–H groups in total. The number of benzene rings is 2. The molecule has 0 radical (unpaired) electrons. The third-order valence-electron chi connectivity index (χ3n) is 5.53. The van der Waals surface area contributed by atoms with Crippen molar-refractivity contribution in [2.45, 2.75) is 37.8 Å². The van der Waals surface area contributed by atoms with Gasteiger partial charge in [-0.25, -0.2) is 14.4 Å². The molecule has 1 aliphatic carbocycles. The Morgan fingerprint density at radius 1 is 1.00 bits per heavy atom. The van der Waals surface area contributed by atoms with E-state index >= 15 is 0 Å². The first-order valence-corrected chi connectivity index (χ1v) is 9.66. The third-order valence-corrected chi connectivity index (χ3v) is 5.53. The number of hydrogen-bond acceptors (Lipinski definition) is 4. The topological polar surface area (TPSA) is 47.0 Å². The van der Waals surface area contributed by atoms with Crippen molar-refractivity contribution in [1.29, 1.82) is 0 Å². The summed E-state index contributed by atoms with van der Waals surface area (Å²) in [7, 11) is 1.64. The molecular formula is C23H24FN3O. The van der Waals surface area contributed by atoms with Gasteiger partial charge >= 0.3 is 0 Å². The van der Waals surface area contributed by atoms with E-state index in [0.717, 1.165) is 48.1 Å². The first-order valence-electron chi connectivity index (χ1n) is 9.66. The number of halogens is 1. The van der Waals surface area contributed by atoms with Crippen molar-refractivity contribution >= 4 is 0 Å². The van der Waals surface area contributed by atoms with Crippen LogP contribution in [0.15, 0.2) is 60.9 Å². The van der Waals surface area contributed by atoms with Crippen LogP contribution in [0.1, 0.15) is 36.8 Å². The monoisotopic (exact) mass is 377 g/mol. The van der Waals surface area contributed by atoms with Gasteiger partial charge in [0.15, 0.2) is 5.82 Å². The Balaban J connectivity index is 1.48. The highest BCUT2D eigenvalue weighted by molar-refractivity contribution is 5.55. The van der Waals surface area contributed by atoms with E-state index in [1.165, 1.54) is 0 Å². The van der Waals surface area contributed by atoms with Gasteiger partial charge in [0.1, 0.15) is 11.6 Å². The van der Waals surface area contributed by atoms with Crippen molar-refractivity contribution in [3.63, 3.8) is 0 Å². The molecule has 1 heterocycles. The summed E-state index contributed by atoms with van der Waals surface area (Å²) >= 11 is 0. The molecule has 4 nitrogen and oxygen atoms in total. The van der Waals surface area contributed by atoms with Crippen LogP contribution < -0.4 is 10.1 Å². The summed E-state index contributed by atoms with van der Waals surface area (Å²) in [6, 6.07) is 14.8. The normalized spacial score (nSPS) is 15.5. The Bertz CT molecular complexity index is 919. The number of methoxy groups -OCH3 is 1. The highest BCUT2D eigenvalue weighted by Gasteiger charge is 2.36. The SMILES string of the molecule is COc1ccc(-c2ncc(CNC3(c4ccccc4F)CCCC3)cn2)cc1. The van der Waals surface area contributed by atoms with Gasteiger partial charge in [-0.1, -0.05) is 31.0 Å². The van der Waals surface area contributed by atoms with E-state index in [0.29, 0.717) is 12.4 Å². The van der Waals surface area contributed by atoms with E-state index in [1.807, 2.05) is 48.8 Å². The highest BCUT2D eigenvalue weighted by atomic mass is 19.1. The van der Waals surface area contributed by atoms with Crippen molar-refractivity contribution in [2.75, 3.05) is 7.11 Å². The van der Waals surface area contributed by atoms with Crippen LogP contribution in [-0.4, -0.2) is 17.1 Å². The lowest BCUT2D eigenvalue weighted by molar-refractivity contribution is 0.325. The number of nitrogens with one attached hydrogen (secondary N) is 1. The van der Waals surface area contributed by atoms with E-state index in [1.54, 1.807) is 19.2 Å². The van der Waals surface area contributed by atoms with Crippen LogP contribution in [0.25, 0.3) is 11.4 Å². The Kier molecular flexibility index (Phi) is 5.35. The molecule has 4 rings (SSSR count). The number of aromatic nitrogens is 2. The maximum absolute atomic E-state index is 14.4. The predicted molar refractivity (Wildman–Crippen MR) is 107 cm³/mol. The lowest BCUT2D eigenvalue weighted by atomic mass is 9.87. The second kappa shape index (κ2) is 8.07. The molecule has 2 aromatic carbocycles. The molecule has 0 spiro atoms. The molecule has 0 bridgehead atoms. The number of rotatable bonds is 6. The number of nitrogens with zero attached hydrogens (tertiary/aromatic N) is 2. The fourth-order valence-electron chi connectivity index (χ4n) is 3.98. The molecule has 0 unspecified atom stereocenters. The van der Waals surface area contributed by atoms with Gasteiger partial charge in [-0.15, -0.1) is 0 Å². The van der Waals surface area contributed by atoms with E-state index in [2.05, 4.69) is 15.3 Å². The molecule has 3 aromatic rings. The second-order valence-electron chi connectivity index (χ2n) is 7.27. The van der Waals surface area contributed by atoms with E-state index in [4.69, 9.17) is 4.74 Å². The zero-order chi connectivity index (χ0) is 19.4. The zero-order valence-electron chi connectivity index (χ0n) is 16.0. The predicted octanol–water partition coefficient (Wildman–Crippen LogP) is 4.85. The lowest BCUT2D eigenvalue weighted by Crippen LogP contribution is -2.40. The maximum atomic E-state index is 14.4. The van der Waals surface area contributed by atoms with Crippen LogP contribution in [0.2, 0.25) is 0 Å². The standard InChI is InChI=1S/C23H24FN3O/c1-28-19-10-8-18(9-11-19)22-25-14-17(15-26-22)16-27-23(12-4-5-13-23)20-6-2-3-7-21(20)24/h2-3,6-11,14-15,27H,4-5,12-13,16H2,1H3. The second-order valence-corrected chi connectivity index (χ2v) is 7.27. The Morgan fingerprint density at radius 2 is 1.68 bits per heavy atom. The summed E-state index contributed by atoms with van der Waals surface area (Å²) in [5, 5.41) is 3.61. The van der Waals surface area contributed by atoms with Crippen LogP contribution in [0.3, 0.4) is 0 Å². The average Bonchev–Trinajstić information content (AvgIpc) is 3.23. The molecule has 144 valence electrons. The molecule has 28 heavy (non-hydrogen) atoms. The lowest BCUT2D eigenvalue weighted by Gasteiger charge is -2.31.